The third-order valence-corrected chi connectivity index (χ3v) is 5.22. The van der Waals surface area contributed by atoms with E-state index in [2.05, 4.69) is 9.89 Å². The molecule has 2 aliphatic heterocycles. The number of nitrogens with zero attached hydrogens (tertiary/aromatic N) is 2. The highest BCUT2D eigenvalue weighted by Gasteiger charge is 2.36. The Labute approximate surface area is 158 Å². The maximum Gasteiger partial charge on any atom is 0.250 e. The number of benzene rings is 2. The van der Waals surface area contributed by atoms with Crippen molar-refractivity contribution in [2.45, 2.75) is 18.9 Å². The molecule has 27 heavy (non-hydrogen) atoms. The number of fused-ring (bicyclic) bond motifs is 3. The zero-order chi connectivity index (χ0) is 19.0. The summed E-state index contributed by atoms with van der Waals surface area (Å²) >= 11 is 0. The van der Waals surface area contributed by atoms with Gasteiger partial charge < -0.3 is 19.1 Å². The van der Waals surface area contributed by atoms with Crippen molar-refractivity contribution in [3.8, 4) is 17.2 Å². The number of ether oxygens (including phenoxy) is 3. The van der Waals surface area contributed by atoms with Crippen molar-refractivity contribution >= 4 is 11.7 Å². The van der Waals surface area contributed by atoms with E-state index < -0.39 is 0 Å². The summed E-state index contributed by atoms with van der Waals surface area (Å²) in [4.78, 5) is 19.0. The number of rotatable bonds is 4. The van der Waals surface area contributed by atoms with Crippen LogP contribution in [-0.4, -0.2) is 44.5 Å². The molecule has 6 heteroatoms. The molecule has 0 N–H and O–H groups in total. The van der Waals surface area contributed by atoms with Crippen molar-refractivity contribution in [1.82, 2.24) is 4.90 Å². The topological polar surface area (TPSA) is 60.4 Å². The zero-order valence-electron chi connectivity index (χ0n) is 15.7. The summed E-state index contributed by atoms with van der Waals surface area (Å²) in [6.45, 7) is 0.797. The van der Waals surface area contributed by atoms with Gasteiger partial charge in [-0.25, -0.2) is 0 Å². The van der Waals surface area contributed by atoms with Crippen LogP contribution >= 0.6 is 0 Å². The molecular weight excluding hydrogens is 344 g/mol. The highest BCUT2D eigenvalue weighted by molar-refractivity contribution is 6.07. The van der Waals surface area contributed by atoms with E-state index in [4.69, 9.17) is 14.2 Å². The molecule has 0 spiro atoms. The van der Waals surface area contributed by atoms with Gasteiger partial charge in [0.25, 0.3) is 0 Å². The fraction of sp³-hybridized carbons (Fsp3) is 0.333. The van der Waals surface area contributed by atoms with Gasteiger partial charge in [-0.2, -0.15) is 4.99 Å². The number of amides is 1. The van der Waals surface area contributed by atoms with E-state index in [-0.39, 0.29) is 11.9 Å². The Bertz CT molecular complexity index is 905. The Kier molecular flexibility index (Phi) is 4.48. The summed E-state index contributed by atoms with van der Waals surface area (Å²) in [6, 6.07) is 11.6. The van der Waals surface area contributed by atoms with Crippen molar-refractivity contribution in [3.63, 3.8) is 0 Å². The fourth-order valence-corrected chi connectivity index (χ4v) is 3.87. The lowest BCUT2D eigenvalue weighted by molar-refractivity contribution is -0.119. The van der Waals surface area contributed by atoms with E-state index in [1.807, 2.05) is 36.4 Å². The van der Waals surface area contributed by atoms with Crippen molar-refractivity contribution < 1.29 is 19.0 Å². The number of hydrogen-bond acceptors (Lipinski definition) is 5. The van der Waals surface area contributed by atoms with Gasteiger partial charge in [-0.1, -0.05) is 0 Å². The molecule has 0 fully saturated rings. The monoisotopic (exact) mass is 366 g/mol. The van der Waals surface area contributed by atoms with Crippen LogP contribution in [0.15, 0.2) is 41.4 Å². The summed E-state index contributed by atoms with van der Waals surface area (Å²) in [6.07, 6.45) is 1.22. The number of amidine groups is 1. The second kappa shape index (κ2) is 6.95. The summed E-state index contributed by atoms with van der Waals surface area (Å²) in [7, 11) is 4.90. The first-order valence-electron chi connectivity index (χ1n) is 8.92. The van der Waals surface area contributed by atoms with Crippen molar-refractivity contribution in [2.24, 2.45) is 4.99 Å². The van der Waals surface area contributed by atoms with Crippen LogP contribution in [0, 0.1) is 0 Å². The van der Waals surface area contributed by atoms with E-state index in [1.54, 1.807) is 21.3 Å². The number of aliphatic imine (C=N–C) groups is 1. The third kappa shape index (κ3) is 3.01. The van der Waals surface area contributed by atoms with Gasteiger partial charge in [0.05, 0.1) is 33.8 Å². The van der Waals surface area contributed by atoms with Gasteiger partial charge in [-0.15, -0.1) is 0 Å². The normalized spacial score (nSPS) is 18.3. The van der Waals surface area contributed by atoms with E-state index >= 15 is 0 Å². The molecule has 140 valence electrons. The molecule has 0 radical (unpaired) electrons. The number of methoxy groups -OCH3 is 3. The van der Waals surface area contributed by atoms with Crippen molar-refractivity contribution in [2.75, 3.05) is 27.9 Å². The van der Waals surface area contributed by atoms with E-state index in [0.717, 1.165) is 41.4 Å². The second-order valence-electron chi connectivity index (χ2n) is 6.63. The molecule has 2 heterocycles. The molecule has 2 aromatic carbocycles. The smallest absolute Gasteiger partial charge is 0.250 e. The van der Waals surface area contributed by atoms with Crippen molar-refractivity contribution in [3.05, 3.63) is 53.1 Å². The highest BCUT2D eigenvalue weighted by Crippen LogP contribution is 2.41. The minimum Gasteiger partial charge on any atom is -0.497 e. The predicted molar refractivity (Wildman–Crippen MR) is 102 cm³/mol. The third-order valence-electron chi connectivity index (χ3n) is 5.22. The first-order chi connectivity index (χ1) is 13.1. The molecule has 0 saturated heterocycles. The SMILES string of the molecule is COc1ccc(C2=NC(=O)CC3c4cc(OC)c(OC)cc4CCN23)cc1. The Morgan fingerprint density at radius 2 is 1.70 bits per heavy atom. The molecule has 0 bridgehead atoms. The largest absolute Gasteiger partial charge is 0.497 e. The van der Waals surface area contributed by atoms with Crippen LogP contribution in [0.2, 0.25) is 0 Å². The summed E-state index contributed by atoms with van der Waals surface area (Å²) in [5, 5.41) is 0. The van der Waals surface area contributed by atoms with Gasteiger partial charge in [0.2, 0.25) is 5.91 Å². The Morgan fingerprint density at radius 1 is 1.00 bits per heavy atom. The van der Waals surface area contributed by atoms with Gasteiger partial charge in [-0.05, 0) is 53.9 Å². The molecule has 0 saturated carbocycles. The number of hydrogen-bond donors (Lipinski definition) is 0. The van der Waals surface area contributed by atoms with Gasteiger partial charge in [0.15, 0.2) is 11.5 Å². The van der Waals surface area contributed by atoms with Crippen LogP contribution in [-0.2, 0) is 11.2 Å². The lowest BCUT2D eigenvalue weighted by atomic mass is 9.88. The Morgan fingerprint density at radius 3 is 2.37 bits per heavy atom. The minimum absolute atomic E-state index is 0.0457. The average molecular weight is 366 g/mol. The standard InChI is InChI=1S/C21H22N2O4/c1-25-15-6-4-13(5-7-15)21-22-20(24)12-17-16-11-19(27-3)18(26-2)10-14(16)8-9-23(17)21/h4-7,10-11,17H,8-9,12H2,1-3H3. The van der Waals surface area contributed by atoms with Crippen LogP contribution in [0.3, 0.4) is 0 Å². The van der Waals surface area contributed by atoms with E-state index in [0.29, 0.717) is 12.2 Å². The molecule has 4 rings (SSSR count). The summed E-state index contributed by atoms with van der Waals surface area (Å²) in [5.74, 6) is 2.79. The molecule has 1 unspecified atom stereocenters. The lowest BCUT2D eigenvalue weighted by Crippen LogP contribution is -2.44. The van der Waals surface area contributed by atoms with Gasteiger partial charge in [-0.3, -0.25) is 4.79 Å². The van der Waals surface area contributed by atoms with Crippen LogP contribution in [0.5, 0.6) is 17.2 Å². The van der Waals surface area contributed by atoms with E-state index in [9.17, 15) is 4.79 Å². The lowest BCUT2D eigenvalue weighted by Gasteiger charge is -2.41. The maximum atomic E-state index is 12.4. The van der Waals surface area contributed by atoms with Crippen LogP contribution < -0.4 is 14.2 Å². The van der Waals surface area contributed by atoms with Crippen molar-refractivity contribution in [1.29, 1.82) is 0 Å². The van der Waals surface area contributed by atoms with Crippen LogP contribution in [0.4, 0.5) is 0 Å². The Hall–Kier alpha value is -3.02. The molecule has 0 aromatic heterocycles. The van der Waals surface area contributed by atoms with Gasteiger partial charge in [0, 0.05) is 12.1 Å². The Balaban J connectivity index is 1.75. The maximum absolute atomic E-state index is 12.4. The molecule has 6 nitrogen and oxygen atoms in total. The van der Waals surface area contributed by atoms with Gasteiger partial charge in [0.1, 0.15) is 11.6 Å². The molecule has 0 aliphatic carbocycles. The summed E-state index contributed by atoms with van der Waals surface area (Å²) < 4.78 is 16.1. The van der Waals surface area contributed by atoms with Crippen LogP contribution in [0.25, 0.3) is 0 Å². The number of carbonyl (C=O) groups excluding carboxylic acids is 1. The fourth-order valence-electron chi connectivity index (χ4n) is 3.87. The molecule has 2 aliphatic rings. The van der Waals surface area contributed by atoms with E-state index in [1.165, 1.54) is 5.56 Å². The highest BCUT2D eigenvalue weighted by atomic mass is 16.5. The minimum atomic E-state index is -0.107. The quantitative estimate of drug-likeness (QED) is 0.833. The first-order valence-corrected chi connectivity index (χ1v) is 8.92. The molecule has 1 atom stereocenters. The predicted octanol–water partition coefficient (Wildman–Crippen LogP) is 2.99. The number of carbonyl (C=O) groups is 1. The van der Waals surface area contributed by atoms with Crippen LogP contribution in [0.1, 0.15) is 29.2 Å². The zero-order valence-corrected chi connectivity index (χ0v) is 15.7. The van der Waals surface area contributed by atoms with Gasteiger partial charge >= 0.3 is 0 Å². The molecular formula is C21H22N2O4. The first kappa shape index (κ1) is 17.4. The second-order valence-corrected chi connectivity index (χ2v) is 6.63. The molecule has 1 amide bonds. The average Bonchev–Trinajstić information content (AvgIpc) is 2.72. The molecule has 2 aromatic rings. The summed E-state index contributed by atoms with van der Waals surface area (Å²) in [5.41, 5.74) is 3.21.